The first-order valence-corrected chi connectivity index (χ1v) is 7.85. The van der Waals surface area contributed by atoms with Crippen molar-refractivity contribution in [1.29, 1.82) is 0 Å². The molecule has 0 saturated heterocycles. The van der Waals surface area contributed by atoms with Gasteiger partial charge in [-0.05, 0) is 36.8 Å². The van der Waals surface area contributed by atoms with E-state index in [1.54, 1.807) is 6.07 Å². The number of aromatic nitrogens is 1. The second kappa shape index (κ2) is 6.02. The molecule has 1 aromatic heterocycles. The van der Waals surface area contributed by atoms with Crippen molar-refractivity contribution in [3.8, 4) is 0 Å². The zero-order valence-electron chi connectivity index (χ0n) is 12.1. The van der Waals surface area contributed by atoms with Crippen LogP contribution >= 0.6 is 11.6 Å². The molecule has 2 unspecified atom stereocenters. The Labute approximate surface area is 129 Å². The molecule has 4 heteroatoms. The quantitative estimate of drug-likeness (QED) is 0.929. The minimum absolute atomic E-state index is 0.137. The molecule has 1 saturated carbocycles. The highest BCUT2D eigenvalue weighted by atomic mass is 35.5. The first-order chi connectivity index (χ1) is 10.1. The standard InChI is InChI=1S/C17H19ClN2O/c1-11-6-7-12(8-11)10-19-17(21)16-9-14(18)13-4-2-3-5-15(13)20-16/h2-5,9,11-12H,6-8,10H2,1H3,(H,19,21). The van der Waals surface area contributed by atoms with E-state index >= 15 is 0 Å². The average molecular weight is 303 g/mol. The molecule has 1 heterocycles. The number of amides is 1. The third-order valence-corrected chi connectivity index (χ3v) is 4.57. The van der Waals surface area contributed by atoms with Crippen molar-refractivity contribution >= 4 is 28.4 Å². The van der Waals surface area contributed by atoms with Crippen molar-refractivity contribution in [3.63, 3.8) is 0 Å². The molecule has 21 heavy (non-hydrogen) atoms. The highest BCUT2D eigenvalue weighted by molar-refractivity contribution is 6.35. The number of carbonyl (C=O) groups is 1. The lowest BCUT2D eigenvalue weighted by Gasteiger charge is -2.11. The van der Waals surface area contributed by atoms with Crippen molar-refractivity contribution in [2.75, 3.05) is 6.54 Å². The van der Waals surface area contributed by atoms with Crippen LogP contribution < -0.4 is 5.32 Å². The lowest BCUT2D eigenvalue weighted by molar-refractivity contribution is 0.0942. The number of nitrogens with one attached hydrogen (secondary N) is 1. The number of rotatable bonds is 3. The number of halogens is 1. The van der Waals surface area contributed by atoms with E-state index in [0.29, 0.717) is 16.6 Å². The summed E-state index contributed by atoms with van der Waals surface area (Å²) in [5.74, 6) is 1.24. The van der Waals surface area contributed by atoms with E-state index in [0.717, 1.165) is 23.4 Å². The molecule has 2 aromatic rings. The van der Waals surface area contributed by atoms with Crippen LogP contribution in [-0.2, 0) is 0 Å². The maximum absolute atomic E-state index is 12.2. The molecule has 1 N–H and O–H groups in total. The van der Waals surface area contributed by atoms with E-state index in [2.05, 4.69) is 17.2 Å². The van der Waals surface area contributed by atoms with Gasteiger partial charge in [0.15, 0.2) is 0 Å². The van der Waals surface area contributed by atoms with Gasteiger partial charge in [0.2, 0.25) is 0 Å². The fraction of sp³-hybridized carbons (Fsp3) is 0.412. The molecule has 1 aromatic carbocycles. The summed E-state index contributed by atoms with van der Waals surface area (Å²) in [6.07, 6.45) is 3.67. The van der Waals surface area contributed by atoms with Crippen molar-refractivity contribution in [2.24, 2.45) is 11.8 Å². The number of benzene rings is 1. The zero-order valence-corrected chi connectivity index (χ0v) is 12.9. The van der Waals surface area contributed by atoms with Crippen LogP contribution in [0.15, 0.2) is 30.3 Å². The molecule has 3 nitrogen and oxygen atoms in total. The fourth-order valence-electron chi connectivity index (χ4n) is 3.09. The zero-order chi connectivity index (χ0) is 14.8. The van der Waals surface area contributed by atoms with Gasteiger partial charge >= 0.3 is 0 Å². The number of hydrogen-bond donors (Lipinski definition) is 1. The third-order valence-electron chi connectivity index (χ3n) is 4.25. The average Bonchev–Trinajstić information content (AvgIpc) is 2.90. The fourth-order valence-corrected chi connectivity index (χ4v) is 3.35. The monoisotopic (exact) mass is 302 g/mol. The molecule has 0 radical (unpaired) electrons. The Bertz CT molecular complexity index is 671. The lowest BCUT2D eigenvalue weighted by atomic mass is 10.1. The molecule has 1 fully saturated rings. The maximum atomic E-state index is 12.2. The van der Waals surface area contributed by atoms with Gasteiger partial charge in [0, 0.05) is 11.9 Å². The summed E-state index contributed by atoms with van der Waals surface area (Å²) in [6.45, 7) is 3.00. The molecule has 1 aliphatic rings. The molecule has 110 valence electrons. The summed E-state index contributed by atoms with van der Waals surface area (Å²) >= 11 is 6.23. The predicted molar refractivity (Wildman–Crippen MR) is 85.6 cm³/mol. The van der Waals surface area contributed by atoms with E-state index < -0.39 is 0 Å². The first-order valence-electron chi connectivity index (χ1n) is 7.47. The second-order valence-corrected chi connectivity index (χ2v) is 6.41. The van der Waals surface area contributed by atoms with Crippen LogP contribution in [0.2, 0.25) is 5.02 Å². The number of para-hydroxylation sites is 1. The number of nitrogens with zero attached hydrogens (tertiary/aromatic N) is 1. The Morgan fingerprint density at radius 2 is 2.19 bits per heavy atom. The summed E-state index contributed by atoms with van der Waals surface area (Å²) < 4.78 is 0. The van der Waals surface area contributed by atoms with E-state index in [-0.39, 0.29) is 5.91 Å². The molecule has 2 atom stereocenters. The van der Waals surface area contributed by atoms with Crippen molar-refractivity contribution < 1.29 is 4.79 Å². The molecule has 0 spiro atoms. The van der Waals surface area contributed by atoms with Gasteiger partial charge in [-0.1, -0.05) is 43.1 Å². The number of pyridine rings is 1. The molecule has 1 amide bonds. The van der Waals surface area contributed by atoms with E-state index in [1.165, 1.54) is 19.3 Å². The van der Waals surface area contributed by atoms with Crippen LogP contribution in [0.1, 0.15) is 36.7 Å². The first kappa shape index (κ1) is 14.3. The second-order valence-electron chi connectivity index (χ2n) is 6.00. The topological polar surface area (TPSA) is 42.0 Å². The van der Waals surface area contributed by atoms with Crippen LogP contribution in [0, 0.1) is 11.8 Å². The van der Waals surface area contributed by atoms with E-state index in [9.17, 15) is 4.79 Å². The minimum Gasteiger partial charge on any atom is -0.350 e. The van der Waals surface area contributed by atoms with Gasteiger partial charge in [-0.15, -0.1) is 0 Å². The summed E-state index contributed by atoms with van der Waals surface area (Å²) in [6, 6.07) is 9.24. The van der Waals surface area contributed by atoms with Crippen LogP contribution in [0.5, 0.6) is 0 Å². The molecular formula is C17H19ClN2O. The predicted octanol–water partition coefficient (Wildman–Crippen LogP) is 4.05. The summed E-state index contributed by atoms with van der Waals surface area (Å²) in [4.78, 5) is 16.6. The van der Waals surface area contributed by atoms with E-state index in [1.807, 2.05) is 24.3 Å². The van der Waals surface area contributed by atoms with Crippen LogP contribution in [0.25, 0.3) is 10.9 Å². The van der Waals surface area contributed by atoms with Gasteiger partial charge in [-0.2, -0.15) is 0 Å². The van der Waals surface area contributed by atoms with Crippen LogP contribution in [0.4, 0.5) is 0 Å². The molecule has 0 aliphatic heterocycles. The Balaban J connectivity index is 1.72. The summed E-state index contributed by atoms with van der Waals surface area (Å²) in [5.41, 5.74) is 1.15. The summed E-state index contributed by atoms with van der Waals surface area (Å²) in [7, 11) is 0. The Morgan fingerprint density at radius 1 is 1.38 bits per heavy atom. The van der Waals surface area contributed by atoms with Gasteiger partial charge < -0.3 is 5.32 Å². The third kappa shape index (κ3) is 3.18. The van der Waals surface area contributed by atoms with Crippen LogP contribution in [0.3, 0.4) is 0 Å². The molecule has 1 aliphatic carbocycles. The SMILES string of the molecule is CC1CCC(CNC(=O)c2cc(Cl)c3ccccc3n2)C1. The highest BCUT2D eigenvalue weighted by Gasteiger charge is 2.22. The molecule has 0 bridgehead atoms. The van der Waals surface area contributed by atoms with Gasteiger partial charge in [-0.3, -0.25) is 4.79 Å². The smallest absolute Gasteiger partial charge is 0.269 e. The minimum atomic E-state index is -0.137. The van der Waals surface area contributed by atoms with Gasteiger partial charge in [-0.25, -0.2) is 4.98 Å². The van der Waals surface area contributed by atoms with E-state index in [4.69, 9.17) is 11.6 Å². The maximum Gasteiger partial charge on any atom is 0.269 e. The lowest BCUT2D eigenvalue weighted by Crippen LogP contribution is -2.29. The van der Waals surface area contributed by atoms with Gasteiger partial charge in [0.05, 0.1) is 10.5 Å². The van der Waals surface area contributed by atoms with Crippen molar-refractivity contribution in [2.45, 2.75) is 26.2 Å². The Morgan fingerprint density at radius 3 is 2.95 bits per heavy atom. The number of hydrogen-bond acceptors (Lipinski definition) is 2. The normalized spacial score (nSPS) is 21.6. The Kier molecular flexibility index (Phi) is 4.11. The number of fused-ring (bicyclic) bond motifs is 1. The molecular weight excluding hydrogens is 284 g/mol. The van der Waals surface area contributed by atoms with Crippen molar-refractivity contribution in [1.82, 2.24) is 10.3 Å². The highest BCUT2D eigenvalue weighted by Crippen LogP contribution is 2.29. The largest absolute Gasteiger partial charge is 0.350 e. The Hall–Kier alpha value is -1.61. The molecule has 3 rings (SSSR count). The van der Waals surface area contributed by atoms with Crippen LogP contribution in [-0.4, -0.2) is 17.4 Å². The van der Waals surface area contributed by atoms with Gasteiger partial charge in [0.1, 0.15) is 5.69 Å². The van der Waals surface area contributed by atoms with Gasteiger partial charge in [0.25, 0.3) is 5.91 Å². The van der Waals surface area contributed by atoms with Crippen molar-refractivity contribution in [3.05, 3.63) is 41.0 Å². The summed E-state index contributed by atoms with van der Waals surface area (Å²) in [5, 5.41) is 4.44. The number of carbonyl (C=O) groups excluding carboxylic acids is 1.